The van der Waals surface area contributed by atoms with E-state index in [2.05, 4.69) is 45.2 Å². The Morgan fingerprint density at radius 3 is 2.74 bits per heavy atom. The van der Waals surface area contributed by atoms with Gasteiger partial charge < -0.3 is 10.1 Å². The van der Waals surface area contributed by atoms with Gasteiger partial charge in [0, 0.05) is 38.3 Å². The molecule has 19 heavy (non-hydrogen) atoms. The zero-order valence-corrected chi connectivity index (χ0v) is 13.0. The molecule has 0 amide bonds. The monoisotopic (exact) mass is 324 g/mol. The quantitative estimate of drug-likeness (QED) is 0.921. The Hall–Kier alpha value is -0.580. The average Bonchev–Trinajstić information content (AvgIpc) is 3.19. The highest BCUT2D eigenvalue weighted by Gasteiger charge is 2.26. The summed E-state index contributed by atoms with van der Waals surface area (Å²) in [6, 6.07) is 4.42. The molecule has 0 spiro atoms. The van der Waals surface area contributed by atoms with Gasteiger partial charge in [-0.15, -0.1) is 0 Å². The number of rotatable bonds is 4. The molecule has 1 aromatic rings. The Bertz CT molecular complexity index is 454. The fourth-order valence-corrected chi connectivity index (χ4v) is 3.22. The maximum atomic E-state index is 6.09. The number of nitrogens with one attached hydrogen (secondary N) is 1. The number of hydrogen-bond acceptors (Lipinski definition) is 3. The third-order valence-corrected chi connectivity index (χ3v) is 4.27. The van der Waals surface area contributed by atoms with Crippen molar-refractivity contribution in [3.8, 4) is 5.75 Å². The van der Waals surface area contributed by atoms with Crippen molar-refractivity contribution < 1.29 is 4.74 Å². The number of piperazine rings is 1. The van der Waals surface area contributed by atoms with E-state index in [9.17, 15) is 0 Å². The van der Waals surface area contributed by atoms with Crippen LogP contribution >= 0.6 is 15.9 Å². The van der Waals surface area contributed by atoms with E-state index in [0.29, 0.717) is 6.10 Å². The molecular weight excluding hydrogens is 304 g/mol. The molecule has 1 aromatic carbocycles. The van der Waals surface area contributed by atoms with Gasteiger partial charge in [0.2, 0.25) is 0 Å². The van der Waals surface area contributed by atoms with Crippen LogP contribution in [-0.4, -0.2) is 37.2 Å². The van der Waals surface area contributed by atoms with E-state index < -0.39 is 0 Å². The van der Waals surface area contributed by atoms with Crippen molar-refractivity contribution in [2.24, 2.45) is 0 Å². The minimum Gasteiger partial charge on any atom is -0.489 e. The van der Waals surface area contributed by atoms with Crippen LogP contribution in [-0.2, 0) is 6.54 Å². The first-order valence-electron chi connectivity index (χ1n) is 7.11. The van der Waals surface area contributed by atoms with Gasteiger partial charge in [0.05, 0.1) is 10.6 Å². The fourth-order valence-electron chi connectivity index (χ4n) is 2.51. The lowest BCUT2D eigenvalue weighted by atomic mass is 10.1. The zero-order valence-electron chi connectivity index (χ0n) is 11.4. The summed E-state index contributed by atoms with van der Waals surface area (Å²) in [5.74, 6) is 1.06. The minimum atomic E-state index is 0.445. The van der Waals surface area contributed by atoms with Crippen LogP contribution in [0.5, 0.6) is 5.75 Å². The summed E-state index contributed by atoms with van der Waals surface area (Å²) in [5.41, 5.74) is 2.61. The molecule has 4 heteroatoms. The number of hydrogen-bond donors (Lipinski definition) is 1. The van der Waals surface area contributed by atoms with E-state index in [1.165, 1.54) is 24.0 Å². The number of aryl methyl sites for hydroxylation is 1. The van der Waals surface area contributed by atoms with E-state index in [1.54, 1.807) is 0 Å². The highest BCUT2D eigenvalue weighted by molar-refractivity contribution is 9.10. The van der Waals surface area contributed by atoms with E-state index in [1.807, 2.05) is 0 Å². The number of ether oxygens (including phenoxy) is 1. The van der Waals surface area contributed by atoms with E-state index in [0.717, 1.165) is 42.9 Å². The summed E-state index contributed by atoms with van der Waals surface area (Å²) < 4.78 is 7.20. The molecule has 1 saturated carbocycles. The second-order valence-electron chi connectivity index (χ2n) is 5.58. The number of benzene rings is 1. The SMILES string of the molecule is Cc1cc(Br)c(OC2CC2)c(CN2CCNCC2)c1. The van der Waals surface area contributed by atoms with Gasteiger partial charge in [-0.2, -0.15) is 0 Å². The summed E-state index contributed by atoms with van der Waals surface area (Å²) in [6.45, 7) is 7.55. The van der Waals surface area contributed by atoms with Gasteiger partial charge in [0.25, 0.3) is 0 Å². The van der Waals surface area contributed by atoms with Crippen LogP contribution in [0.4, 0.5) is 0 Å². The van der Waals surface area contributed by atoms with Crippen LogP contribution in [0.25, 0.3) is 0 Å². The Morgan fingerprint density at radius 1 is 1.32 bits per heavy atom. The van der Waals surface area contributed by atoms with Gasteiger partial charge in [-0.1, -0.05) is 6.07 Å². The van der Waals surface area contributed by atoms with Crippen molar-refractivity contribution in [1.29, 1.82) is 0 Å². The molecule has 0 unspecified atom stereocenters. The minimum absolute atomic E-state index is 0.445. The highest BCUT2D eigenvalue weighted by atomic mass is 79.9. The smallest absolute Gasteiger partial charge is 0.138 e. The molecule has 0 aromatic heterocycles. The van der Waals surface area contributed by atoms with Crippen molar-refractivity contribution in [2.45, 2.75) is 32.4 Å². The van der Waals surface area contributed by atoms with Crippen LogP contribution in [0, 0.1) is 6.92 Å². The highest BCUT2D eigenvalue weighted by Crippen LogP contribution is 2.36. The van der Waals surface area contributed by atoms with Gasteiger partial charge in [0.15, 0.2) is 0 Å². The molecule has 3 nitrogen and oxygen atoms in total. The lowest BCUT2D eigenvalue weighted by molar-refractivity contribution is 0.225. The number of halogens is 1. The third kappa shape index (κ3) is 3.50. The third-order valence-electron chi connectivity index (χ3n) is 3.68. The molecule has 1 heterocycles. The van der Waals surface area contributed by atoms with Crippen molar-refractivity contribution >= 4 is 15.9 Å². The summed E-state index contributed by atoms with van der Waals surface area (Å²) in [7, 11) is 0. The summed E-state index contributed by atoms with van der Waals surface area (Å²) in [6.07, 6.45) is 2.85. The van der Waals surface area contributed by atoms with Gasteiger partial charge >= 0.3 is 0 Å². The van der Waals surface area contributed by atoms with Gasteiger partial charge in [-0.25, -0.2) is 0 Å². The van der Waals surface area contributed by atoms with Crippen molar-refractivity contribution in [3.63, 3.8) is 0 Å². The van der Waals surface area contributed by atoms with E-state index in [4.69, 9.17) is 4.74 Å². The first-order chi connectivity index (χ1) is 9.22. The maximum Gasteiger partial charge on any atom is 0.138 e. The molecule has 1 aliphatic heterocycles. The molecule has 1 saturated heterocycles. The summed E-state index contributed by atoms with van der Waals surface area (Å²) in [4.78, 5) is 2.50. The van der Waals surface area contributed by atoms with Crippen molar-refractivity contribution in [3.05, 3.63) is 27.7 Å². The second-order valence-corrected chi connectivity index (χ2v) is 6.43. The molecule has 3 rings (SSSR count). The van der Waals surface area contributed by atoms with E-state index >= 15 is 0 Å². The molecule has 104 valence electrons. The molecule has 0 radical (unpaired) electrons. The number of nitrogens with zero attached hydrogens (tertiary/aromatic N) is 1. The zero-order chi connectivity index (χ0) is 13.2. The summed E-state index contributed by atoms with van der Waals surface area (Å²) in [5, 5.41) is 3.40. The second kappa shape index (κ2) is 5.81. The summed E-state index contributed by atoms with van der Waals surface area (Å²) >= 11 is 3.66. The molecule has 2 aliphatic rings. The Balaban J connectivity index is 1.80. The average molecular weight is 325 g/mol. The topological polar surface area (TPSA) is 24.5 Å². The predicted octanol–water partition coefficient (Wildman–Crippen LogP) is 2.70. The predicted molar refractivity (Wildman–Crippen MR) is 80.7 cm³/mol. The Morgan fingerprint density at radius 2 is 2.05 bits per heavy atom. The normalized spacial score (nSPS) is 20.5. The van der Waals surface area contributed by atoms with Crippen LogP contribution in [0.3, 0.4) is 0 Å². The van der Waals surface area contributed by atoms with Crippen LogP contribution in [0.1, 0.15) is 24.0 Å². The lowest BCUT2D eigenvalue weighted by Crippen LogP contribution is -2.42. The van der Waals surface area contributed by atoms with Crippen LogP contribution in [0.2, 0.25) is 0 Å². The van der Waals surface area contributed by atoms with Crippen LogP contribution in [0.15, 0.2) is 16.6 Å². The van der Waals surface area contributed by atoms with E-state index in [-0.39, 0.29) is 0 Å². The van der Waals surface area contributed by atoms with Crippen molar-refractivity contribution in [2.75, 3.05) is 26.2 Å². The van der Waals surface area contributed by atoms with Crippen LogP contribution < -0.4 is 10.1 Å². The molecule has 1 aliphatic carbocycles. The molecule has 2 fully saturated rings. The first-order valence-corrected chi connectivity index (χ1v) is 7.90. The van der Waals surface area contributed by atoms with Crippen molar-refractivity contribution in [1.82, 2.24) is 10.2 Å². The van der Waals surface area contributed by atoms with Gasteiger partial charge in [-0.05, 0) is 47.3 Å². The maximum absolute atomic E-state index is 6.09. The molecule has 1 N–H and O–H groups in total. The Kier molecular flexibility index (Phi) is 4.10. The lowest BCUT2D eigenvalue weighted by Gasteiger charge is -2.28. The molecule has 0 atom stereocenters. The standard InChI is InChI=1S/C15H21BrN2O/c1-11-8-12(10-18-6-4-17-5-7-18)15(14(16)9-11)19-13-2-3-13/h8-9,13,17H,2-7,10H2,1H3. The van der Waals surface area contributed by atoms with Gasteiger partial charge in [0.1, 0.15) is 5.75 Å². The Labute approximate surface area is 123 Å². The first kappa shape index (κ1) is 13.4. The largest absolute Gasteiger partial charge is 0.489 e. The molecular formula is C15H21BrN2O. The molecule has 0 bridgehead atoms. The fraction of sp³-hybridized carbons (Fsp3) is 0.600. The van der Waals surface area contributed by atoms with Gasteiger partial charge in [-0.3, -0.25) is 4.90 Å².